The number of carbonyl (C=O) groups is 2. The van der Waals surface area contributed by atoms with Crippen molar-refractivity contribution < 1.29 is 23.8 Å². The fourth-order valence-corrected chi connectivity index (χ4v) is 2.56. The summed E-state index contributed by atoms with van der Waals surface area (Å²) < 4.78 is 15.8. The van der Waals surface area contributed by atoms with Crippen LogP contribution in [-0.4, -0.2) is 44.6 Å². The zero-order valence-corrected chi connectivity index (χ0v) is 17.0. The van der Waals surface area contributed by atoms with Gasteiger partial charge < -0.3 is 24.8 Å². The van der Waals surface area contributed by atoms with Crippen molar-refractivity contribution in [2.24, 2.45) is 0 Å². The highest BCUT2D eigenvalue weighted by molar-refractivity contribution is 5.86. The van der Waals surface area contributed by atoms with E-state index in [2.05, 4.69) is 10.6 Å². The third-order valence-corrected chi connectivity index (χ3v) is 4.55. The van der Waals surface area contributed by atoms with Crippen LogP contribution in [0.25, 0.3) is 0 Å². The van der Waals surface area contributed by atoms with Crippen molar-refractivity contribution >= 4 is 12.0 Å². The molecule has 7 nitrogen and oxygen atoms in total. The Bertz CT molecular complexity index is 763. The van der Waals surface area contributed by atoms with Gasteiger partial charge in [0.25, 0.3) is 0 Å². The van der Waals surface area contributed by atoms with Crippen LogP contribution in [0.15, 0.2) is 60.7 Å². The summed E-state index contributed by atoms with van der Waals surface area (Å²) in [5.74, 6) is -1.31. The first-order valence-electron chi connectivity index (χ1n) is 9.35. The second kappa shape index (κ2) is 11.2. The Morgan fingerprint density at radius 1 is 0.931 bits per heavy atom. The van der Waals surface area contributed by atoms with Crippen LogP contribution in [-0.2, 0) is 32.0 Å². The van der Waals surface area contributed by atoms with Crippen molar-refractivity contribution in [3.05, 3.63) is 71.8 Å². The van der Waals surface area contributed by atoms with Crippen LogP contribution in [0.2, 0.25) is 0 Å². The zero-order valence-electron chi connectivity index (χ0n) is 17.0. The minimum Gasteiger partial charge on any atom is -0.445 e. The summed E-state index contributed by atoms with van der Waals surface area (Å²) in [5.41, 5.74) is 1.78. The van der Waals surface area contributed by atoms with Crippen molar-refractivity contribution in [1.29, 1.82) is 0 Å². The molecular weight excluding hydrogens is 372 g/mol. The maximum absolute atomic E-state index is 12.7. The van der Waals surface area contributed by atoms with Crippen LogP contribution in [0, 0.1) is 0 Å². The van der Waals surface area contributed by atoms with Gasteiger partial charge in [0, 0.05) is 20.6 Å². The quantitative estimate of drug-likeness (QED) is 0.599. The maximum atomic E-state index is 12.7. The van der Waals surface area contributed by atoms with E-state index in [9.17, 15) is 9.59 Å². The SMILES string of the molecule is COC(C)(CNC(=O)[C@H](Cc1ccccc1)NC(=O)OCc1ccccc1)OC. The van der Waals surface area contributed by atoms with Crippen LogP contribution in [0.5, 0.6) is 0 Å². The highest BCUT2D eigenvalue weighted by Gasteiger charge is 2.27. The molecule has 2 aromatic carbocycles. The molecule has 1 atom stereocenters. The summed E-state index contributed by atoms with van der Waals surface area (Å²) in [6.45, 7) is 1.96. The first kappa shape index (κ1) is 22.4. The number of hydrogen-bond acceptors (Lipinski definition) is 5. The van der Waals surface area contributed by atoms with Crippen LogP contribution in [0.3, 0.4) is 0 Å². The van der Waals surface area contributed by atoms with E-state index in [-0.39, 0.29) is 19.1 Å². The van der Waals surface area contributed by atoms with E-state index < -0.39 is 17.9 Å². The number of rotatable bonds is 10. The zero-order chi connectivity index (χ0) is 21.1. The third-order valence-electron chi connectivity index (χ3n) is 4.55. The Morgan fingerprint density at radius 2 is 1.48 bits per heavy atom. The van der Waals surface area contributed by atoms with Crippen molar-refractivity contribution in [3.63, 3.8) is 0 Å². The molecule has 29 heavy (non-hydrogen) atoms. The monoisotopic (exact) mass is 400 g/mol. The lowest BCUT2D eigenvalue weighted by Crippen LogP contribution is -2.52. The van der Waals surface area contributed by atoms with E-state index in [1.807, 2.05) is 60.7 Å². The van der Waals surface area contributed by atoms with Gasteiger partial charge in [0.2, 0.25) is 5.91 Å². The lowest BCUT2D eigenvalue weighted by atomic mass is 10.1. The van der Waals surface area contributed by atoms with E-state index in [0.717, 1.165) is 11.1 Å². The summed E-state index contributed by atoms with van der Waals surface area (Å²) in [4.78, 5) is 25.0. The average Bonchev–Trinajstić information content (AvgIpc) is 2.77. The minimum absolute atomic E-state index is 0.123. The summed E-state index contributed by atoms with van der Waals surface area (Å²) in [6, 6.07) is 18.0. The number of amides is 2. The number of alkyl carbamates (subject to hydrolysis) is 1. The predicted octanol–water partition coefficient (Wildman–Crippen LogP) is 2.65. The fourth-order valence-electron chi connectivity index (χ4n) is 2.56. The average molecular weight is 400 g/mol. The molecule has 0 aromatic heterocycles. The van der Waals surface area contributed by atoms with Gasteiger partial charge in [0.05, 0.1) is 6.54 Å². The van der Waals surface area contributed by atoms with Gasteiger partial charge in [0.15, 0.2) is 5.79 Å². The molecule has 0 saturated carbocycles. The maximum Gasteiger partial charge on any atom is 0.408 e. The van der Waals surface area contributed by atoms with E-state index in [4.69, 9.17) is 14.2 Å². The number of benzene rings is 2. The molecule has 0 saturated heterocycles. The van der Waals surface area contributed by atoms with Gasteiger partial charge in [-0.05, 0) is 18.1 Å². The summed E-state index contributed by atoms with van der Waals surface area (Å²) >= 11 is 0. The number of carbonyl (C=O) groups excluding carboxylic acids is 2. The molecule has 0 radical (unpaired) electrons. The molecule has 156 valence electrons. The Morgan fingerprint density at radius 3 is 2.03 bits per heavy atom. The molecule has 2 rings (SSSR count). The molecule has 0 heterocycles. The van der Waals surface area contributed by atoms with E-state index >= 15 is 0 Å². The van der Waals surface area contributed by atoms with Gasteiger partial charge >= 0.3 is 6.09 Å². The molecule has 0 aliphatic rings. The molecule has 2 aromatic rings. The number of nitrogens with one attached hydrogen (secondary N) is 2. The first-order valence-corrected chi connectivity index (χ1v) is 9.35. The van der Waals surface area contributed by atoms with Crippen molar-refractivity contribution in [2.75, 3.05) is 20.8 Å². The predicted molar refractivity (Wildman–Crippen MR) is 109 cm³/mol. The van der Waals surface area contributed by atoms with E-state index in [1.165, 1.54) is 14.2 Å². The smallest absolute Gasteiger partial charge is 0.408 e. The molecular formula is C22H28N2O5. The first-order chi connectivity index (χ1) is 14.0. The van der Waals surface area contributed by atoms with Crippen LogP contribution >= 0.6 is 0 Å². The Balaban J connectivity index is 1.99. The minimum atomic E-state index is -0.958. The van der Waals surface area contributed by atoms with Crippen molar-refractivity contribution in [2.45, 2.75) is 31.8 Å². The number of methoxy groups -OCH3 is 2. The highest BCUT2D eigenvalue weighted by Crippen LogP contribution is 2.09. The largest absolute Gasteiger partial charge is 0.445 e. The van der Waals surface area contributed by atoms with Gasteiger partial charge in [-0.2, -0.15) is 0 Å². The highest BCUT2D eigenvalue weighted by atomic mass is 16.7. The second-order valence-electron chi connectivity index (χ2n) is 6.71. The molecule has 0 unspecified atom stereocenters. The second-order valence-corrected chi connectivity index (χ2v) is 6.71. The lowest BCUT2D eigenvalue weighted by Gasteiger charge is -2.27. The lowest BCUT2D eigenvalue weighted by molar-refractivity contribution is -0.190. The van der Waals surface area contributed by atoms with Gasteiger partial charge in [-0.1, -0.05) is 60.7 Å². The molecule has 7 heteroatoms. The topological polar surface area (TPSA) is 85.9 Å². The van der Waals surface area contributed by atoms with Gasteiger partial charge in [-0.3, -0.25) is 4.79 Å². The van der Waals surface area contributed by atoms with Crippen molar-refractivity contribution in [3.8, 4) is 0 Å². The third kappa shape index (κ3) is 7.56. The van der Waals surface area contributed by atoms with Crippen LogP contribution in [0.1, 0.15) is 18.1 Å². The fraction of sp³-hybridized carbons (Fsp3) is 0.364. The number of ether oxygens (including phenoxy) is 3. The van der Waals surface area contributed by atoms with Crippen LogP contribution in [0.4, 0.5) is 4.79 Å². The standard InChI is InChI=1S/C22H28N2O5/c1-22(27-2,28-3)16-23-20(25)19(14-17-10-6-4-7-11-17)24-21(26)29-15-18-12-8-5-9-13-18/h4-13,19H,14-16H2,1-3H3,(H,23,25)(H,24,26)/t19-/m0/s1. The Hall–Kier alpha value is -2.90. The molecule has 2 amide bonds. The van der Waals surface area contributed by atoms with E-state index in [0.29, 0.717) is 6.42 Å². The molecule has 0 aliphatic carbocycles. The summed E-state index contributed by atoms with van der Waals surface area (Å²) in [7, 11) is 2.99. The van der Waals surface area contributed by atoms with Gasteiger partial charge in [0.1, 0.15) is 12.6 Å². The normalized spacial score (nSPS) is 12.1. The van der Waals surface area contributed by atoms with Gasteiger partial charge in [-0.25, -0.2) is 4.79 Å². The van der Waals surface area contributed by atoms with Crippen LogP contribution < -0.4 is 10.6 Å². The molecule has 0 fully saturated rings. The summed E-state index contributed by atoms with van der Waals surface area (Å²) in [6.07, 6.45) is -0.338. The van der Waals surface area contributed by atoms with E-state index in [1.54, 1.807) is 6.92 Å². The number of hydrogen-bond donors (Lipinski definition) is 2. The molecule has 0 aliphatic heterocycles. The molecule has 0 bridgehead atoms. The van der Waals surface area contributed by atoms with Gasteiger partial charge in [-0.15, -0.1) is 0 Å². The van der Waals surface area contributed by atoms with Crippen molar-refractivity contribution in [1.82, 2.24) is 10.6 Å². The summed E-state index contributed by atoms with van der Waals surface area (Å²) in [5, 5.41) is 5.42. The Kier molecular flexibility index (Phi) is 8.64. The molecule has 0 spiro atoms. The Labute approximate surface area is 171 Å². The molecule has 2 N–H and O–H groups in total.